The van der Waals surface area contributed by atoms with Crippen molar-refractivity contribution in [3.05, 3.63) is 65.2 Å². The number of carbonyl (C=O) groups is 2. The zero-order valence-electron chi connectivity index (χ0n) is 15.8. The van der Waals surface area contributed by atoms with Gasteiger partial charge in [0.15, 0.2) is 0 Å². The van der Waals surface area contributed by atoms with Crippen molar-refractivity contribution in [1.29, 1.82) is 0 Å². The number of hydrogen-bond donors (Lipinski definition) is 1. The van der Waals surface area contributed by atoms with Crippen LogP contribution in [0.4, 0.5) is 10.5 Å². The number of rotatable bonds is 5. The van der Waals surface area contributed by atoms with Crippen LogP contribution in [0.25, 0.3) is 0 Å². The van der Waals surface area contributed by atoms with Crippen LogP contribution in [0.3, 0.4) is 0 Å². The molecule has 148 valence electrons. The van der Waals surface area contributed by atoms with Gasteiger partial charge in [0, 0.05) is 18.8 Å². The summed E-state index contributed by atoms with van der Waals surface area (Å²) >= 11 is 0. The van der Waals surface area contributed by atoms with Crippen LogP contribution in [0.5, 0.6) is 0 Å². The van der Waals surface area contributed by atoms with E-state index in [1.165, 1.54) is 7.11 Å². The Labute approximate surface area is 164 Å². The standard InChI is InChI=1S/C21H24N2O5/c1-27-20(25)18-7-5-16(6-8-18)14-23(19-4-2-3-17(13-19)15-24)21(26)22-9-11-28-12-10-22/h2-8,13,24H,9-12,14-15H2,1H3. The quantitative estimate of drug-likeness (QED) is 0.801. The van der Waals surface area contributed by atoms with E-state index in [0.717, 1.165) is 11.1 Å². The van der Waals surface area contributed by atoms with E-state index in [9.17, 15) is 14.7 Å². The molecule has 0 bridgehead atoms. The molecule has 0 atom stereocenters. The first-order valence-electron chi connectivity index (χ1n) is 9.13. The molecule has 1 saturated heterocycles. The minimum atomic E-state index is -0.400. The minimum Gasteiger partial charge on any atom is -0.465 e. The van der Waals surface area contributed by atoms with Gasteiger partial charge in [0.05, 0.1) is 39.0 Å². The summed E-state index contributed by atoms with van der Waals surface area (Å²) in [5, 5.41) is 9.45. The number of esters is 1. The van der Waals surface area contributed by atoms with E-state index in [-0.39, 0.29) is 12.6 Å². The molecule has 2 amide bonds. The molecule has 1 fully saturated rings. The molecule has 0 aromatic heterocycles. The van der Waals surface area contributed by atoms with Gasteiger partial charge in [-0.1, -0.05) is 24.3 Å². The average molecular weight is 384 g/mol. The molecule has 2 aromatic rings. The summed E-state index contributed by atoms with van der Waals surface area (Å²) in [5.74, 6) is -0.400. The number of amides is 2. The summed E-state index contributed by atoms with van der Waals surface area (Å²) in [7, 11) is 1.34. The Hall–Kier alpha value is -2.90. The number of benzene rings is 2. The maximum absolute atomic E-state index is 13.2. The minimum absolute atomic E-state index is 0.0960. The topological polar surface area (TPSA) is 79.3 Å². The Balaban J connectivity index is 1.86. The molecule has 1 N–H and O–H groups in total. The van der Waals surface area contributed by atoms with Crippen LogP contribution >= 0.6 is 0 Å². The predicted molar refractivity (Wildman–Crippen MR) is 104 cm³/mol. The lowest BCUT2D eigenvalue weighted by atomic mass is 10.1. The number of urea groups is 1. The van der Waals surface area contributed by atoms with E-state index in [0.29, 0.717) is 44.1 Å². The molecule has 1 heterocycles. The highest BCUT2D eigenvalue weighted by atomic mass is 16.5. The van der Waals surface area contributed by atoms with E-state index in [4.69, 9.17) is 9.47 Å². The second-order valence-corrected chi connectivity index (χ2v) is 6.48. The third kappa shape index (κ3) is 4.68. The van der Waals surface area contributed by atoms with Gasteiger partial charge in [-0.25, -0.2) is 9.59 Å². The van der Waals surface area contributed by atoms with Gasteiger partial charge in [0.2, 0.25) is 0 Å². The van der Waals surface area contributed by atoms with Crippen LogP contribution < -0.4 is 4.90 Å². The van der Waals surface area contributed by atoms with Crippen molar-refractivity contribution in [1.82, 2.24) is 4.90 Å². The molecule has 0 aliphatic carbocycles. The number of aliphatic hydroxyl groups is 1. The van der Waals surface area contributed by atoms with E-state index >= 15 is 0 Å². The highest BCUT2D eigenvalue weighted by Crippen LogP contribution is 2.22. The highest BCUT2D eigenvalue weighted by molar-refractivity contribution is 5.92. The van der Waals surface area contributed by atoms with E-state index in [2.05, 4.69) is 0 Å². The molecule has 3 rings (SSSR count). The lowest BCUT2D eigenvalue weighted by molar-refractivity contribution is 0.0548. The third-order valence-corrected chi connectivity index (χ3v) is 4.63. The van der Waals surface area contributed by atoms with Crippen LogP contribution in [0.2, 0.25) is 0 Å². The first-order valence-corrected chi connectivity index (χ1v) is 9.13. The fourth-order valence-corrected chi connectivity index (χ4v) is 3.06. The van der Waals surface area contributed by atoms with Crippen LogP contribution in [-0.4, -0.2) is 55.4 Å². The van der Waals surface area contributed by atoms with Crippen molar-refractivity contribution in [2.24, 2.45) is 0 Å². The molecule has 7 nitrogen and oxygen atoms in total. The number of nitrogens with zero attached hydrogens (tertiary/aromatic N) is 2. The number of anilines is 1. The molecular weight excluding hydrogens is 360 g/mol. The fraction of sp³-hybridized carbons (Fsp3) is 0.333. The SMILES string of the molecule is COC(=O)c1ccc(CN(C(=O)N2CCOCC2)c2cccc(CO)c2)cc1. The fourth-order valence-electron chi connectivity index (χ4n) is 3.06. The molecule has 1 aliphatic rings. The number of ether oxygens (including phenoxy) is 2. The molecule has 0 radical (unpaired) electrons. The van der Waals surface area contributed by atoms with Gasteiger partial charge >= 0.3 is 12.0 Å². The summed E-state index contributed by atoms with van der Waals surface area (Å²) in [4.78, 5) is 28.2. The summed E-state index contributed by atoms with van der Waals surface area (Å²) in [5.41, 5.74) is 2.78. The van der Waals surface area contributed by atoms with Gasteiger partial charge in [-0.15, -0.1) is 0 Å². The Morgan fingerprint density at radius 3 is 2.46 bits per heavy atom. The van der Waals surface area contributed by atoms with Crippen molar-refractivity contribution in [3.8, 4) is 0 Å². The Morgan fingerprint density at radius 1 is 1.11 bits per heavy atom. The predicted octanol–water partition coefficient (Wildman–Crippen LogP) is 2.42. The molecule has 0 spiro atoms. The molecular formula is C21H24N2O5. The summed E-state index contributed by atoms with van der Waals surface area (Å²) in [6.07, 6.45) is 0. The monoisotopic (exact) mass is 384 g/mol. The number of methoxy groups -OCH3 is 1. The zero-order chi connectivity index (χ0) is 19.9. The molecule has 2 aromatic carbocycles. The van der Waals surface area contributed by atoms with E-state index in [1.54, 1.807) is 28.0 Å². The first-order chi connectivity index (χ1) is 13.6. The van der Waals surface area contributed by atoms with Crippen molar-refractivity contribution in [2.75, 3.05) is 38.3 Å². The van der Waals surface area contributed by atoms with Crippen molar-refractivity contribution < 1.29 is 24.2 Å². The Bertz CT molecular complexity index is 816. The van der Waals surface area contributed by atoms with Gasteiger partial charge in [-0.05, 0) is 35.4 Å². The summed E-state index contributed by atoms with van der Waals surface area (Å²) in [6, 6.07) is 14.2. The smallest absolute Gasteiger partial charge is 0.337 e. The lowest BCUT2D eigenvalue weighted by Crippen LogP contribution is -2.48. The van der Waals surface area contributed by atoms with Gasteiger partial charge in [0.1, 0.15) is 0 Å². The van der Waals surface area contributed by atoms with Gasteiger partial charge in [0.25, 0.3) is 0 Å². The average Bonchev–Trinajstić information content (AvgIpc) is 2.77. The van der Waals surface area contributed by atoms with E-state index < -0.39 is 5.97 Å². The summed E-state index contributed by atoms with van der Waals surface area (Å²) in [6.45, 7) is 2.36. The van der Waals surface area contributed by atoms with Crippen LogP contribution in [0.1, 0.15) is 21.5 Å². The van der Waals surface area contributed by atoms with Crippen LogP contribution in [-0.2, 0) is 22.6 Å². The van der Waals surface area contributed by atoms with Crippen LogP contribution in [0.15, 0.2) is 48.5 Å². The second-order valence-electron chi connectivity index (χ2n) is 6.48. The van der Waals surface area contributed by atoms with Crippen molar-refractivity contribution in [2.45, 2.75) is 13.2 Å². The Kier molecular flexibility index (Phi) is 6.62. The number of hydrogen-bond acceptors (Lipinski definition) is 5. The van der Waals surface area contributed by atoms with Crippen molar-refractivity contribution in [3.63, 3.8) is 0 Å². The number of carbonyl (C=O) groups excluding carboxylic acids is 2. The number of morpholine rings is 1. The van der Waals surface area contributed by atoms with Gasteiger partial charge in [-0.2, -0.15) is 0 Å². The van der Waals surface area contributed by atoms with Crippen molar-refractivity contribution >= 4 is 17.7 Å². The molecule has 0 saturated carbocycles. The molecule has 7 heteroatoms. The Morgan fingerprint density at radius 2 is 1.82 bits per heavy atom. The van der Waals surface area contributed by atoms with E-state index in [1.807, 2.05) is 30.3 Å². The van der Waals surface area contributed by atoms with Crippen LogP contribution in [0, 0.1) is 0 Å². The normalized spacial score (nSPS) is 13.9. The maximum Gasteiger partial charge on any atom is 0.337 e. The van der Waals surface area contributed by atoms with Gasteiger partial charge in [-0.3, -0.25) is 4.90 Å². The zero-order valence-corrected chi connectivity index (χ0v) is 15.8. The summed E-state index contributed by atoms with van der Waals surface area (Å²) < 4.78 is 10.1. The molecule has 1 aliphatic heterocycles. The molecule has 0 unspecified atom stereocenters. The lowest BCUT2D eigenvalue weighted by Gasteiger charge is -2.33. The largest absolute Gasteiger partial charge is 0.465 e. The second kappa shape index (κ2) is 9.34. The number of aliphatic hydroxyl groups excluding tert-OH is 1. The highest BCUT2D eigenvalue weighted by Gasteiger charge is 2.24. The molecule has 28 heavy (non-hydrogen) atoms. The van der Waals surface area contributed by atoms with Gasteiger partial charge < -0.3 is 19.5 Å². The maximum atomic E-state index is 13.2. The third-order valence-electron chi connectivity index (χ3n) is 4.63. The first kappa shape index (κ1) is 19.9.